The first kappa shape index (κ1) is 18.9. The zero-order chi connectivity index (χ0) is 20.2. The minimum absolute atomic E-state index is 0.170. The highest BCUT2D eigenvalue weighted by Gasteiger charge is 2.13. The Labute approximate surface area is 169 Å². The van der Waals surface area contributed by atoms with Gasteiger partial charge in [0.25, 0.3) is 0 Å². The van der Waals surface area contributed by atoms with Crippen molar-refractivity contribution in [1.29, 1.82) is 0 Å². The molecule has 0 amide bonds. The lowest BCUT2D eigenvalue weighted by Gasteiger charge is -2.03. The number of fused-ring (bicyclic) bond motifs is 1. The fraction of sp³-hybridized carbons (Fsp3) is 0.150. The lowest BCUT2D eigenvalue weighted by atomic mass is 10.2. The fourth-order valence-corrected chi connectivity index (χ4v) is 3.36. The van der Waals surface area contributed by atoms with Crippen molar-refractivity contribution in [2.24, 2.45) is 7.05 Å². The number of carbonyl (C=O) groups excluding carboxylic acids is 1. The minimum Gasteiger partial charge on any atom is -0.464 e. The Kier molecular flexibility index (Phi) is 5.39. The number of aromatic nitrogens is 2. The predicted octanol–water partition coefficient (Wildman–Crippen LogP) is 3.01. The summed E-state index contributed by atoms with van der Waals surface area (Å²) in [6.07, 6.45) is 7.45. The van der Waals surface area contributed by atoms with E-state index in [4.69, 9.17) is 18.6 Å². The third-order valence-electron chi connectivity index (χ3n) is 3.99. The molecule has 0 atom stereocenters. The maximum atomic E-state index is 12.2. The molecule has 0 saturated heterocycles. The molecule has 0 spiro atoms. The summed E-state index contributed by atoms with van der Waals surface area (Å²) < 4.78 is 22.9. The first-order valence-electron chi connectivity index (χ1n) is 8.60. The molecule has 3 aromatic rings. The molecule has 1 aromatic carbocycles. The molecule has 148 valence electrons. The van der Waals surface area contributed by atoms with Crippen molar-refractivity contribution in [2.75, 3.05) is 6.79 Å². The molecule has 9 heteroatoms. The molecule has 8 nitrogen and oxygen atoms in total. The molecule has 2 aromatic heterocycles. The van der Waals surface area contributed by atoms with E-state index in [-0.39, 0.29) is 12.5 Å². The van der Waals surface area contributed by atoms with Crippen LogP contribution >= 0.6 is 11.8 Å². The average Bonchev–Trinajstić information content (AvgIpc) is 3.34. The molecule has 4 rings (SSSR count). The van der Waals surface area contributed by atoms with Gasteiger partial charge in [-0.1, -0.05) is 17.8 Å². The van der Waals surface area contributed by atoms with E-state index in [9.17, 15) is 9.59 Å². The van der Waals surface area contributed by atoms with Gasteiger partial charge in [-0.25, -0.2) is 9.78 Å². The molecular formula is C20H16N2O6S. The standard InChI is InChI=1S/C20H16N2O6S/c1-22-7-6-21-20(22)29-11-14-9-15(23)18(10-25-14)28-19(24)5-3-13-2-4-16-17(8-13)27-12-26-16/h2-10H,11-12H2,1H3. The van der Waals surface area contributed by atoms with Gasteiger partial charge in [0, 0.05) is 31.6 Å². The zero-order valence-corrected chi connectivity index (χ0v) is 16.2. The summed E-state index contributed by atoms with van der Waals surface area (Å²) in [5.41, 5.74) is 0.302. The summed E-state index contributed by atoms with van der Waals surface area (Å²) in [5.74, 6) is 1.29. The van der Waals surface area contributed by atoms with Gasteiger partial charge in [-0.05, 0) is 23.8 Å². The Hall–Kier alpha value is -3.46. The first-order valence-corrected chi connectivity index (χ1v) is 9.58. The van der Waals surface area contributed by atoms with Gasteiger partial charge in [-0.3, -0.25) is 4.79 Å². The van der Waals surface area contributed by atoms with E-state index in [2.05, 4.69) is 4.98 Å². The highest BCUT2D eigenvalue weighted by atomic mass is 32.2. The van der Waals surface area contributed by atoms with E-state index in [1.807, 2.05) is 17.8 Å². The number of imidazole rings is 1. The first-order chi connectivity index (χ1) is 14.1. The molecule has 0 N–H and O–H groups in total. The van der Waals surface area contributed by atoms with Gasteiger partial charge in [0.1, 0.15) is 12.0 Å². The van der Waals surface area contributed by atoms with Crippen LogP contribution in [0, 0.1) is 0 Å². The van der Waals surface area contributed by atoms with E-state index >= 15 is 0 Å². The highest BCUT2D eigenvalue weighted by molar-refractivity contribution is 7.98. The van der Waals surface area contributed by atoms with Gasteiger partial charge in [-0.2, -0.15) is 0 Å². The summed E-state index contributed by atoms with van der Waals surface area (Å²) in [5, 5.41) is 0.803. The third kappa shape index (κ3) is 4.52. The van der Waals surface area contributed by atoms with Crippen LogP contribution in [0.2, 0.25) is 0 Å². The van der Waals surface area contributed by atoms with Crippen molar-refractivity contribution in [3.63, 3.8) is 0 Å². The second-order valence-electron chi connectivity index (χ2n) is 6.05. The van der Waals surface area contributed by atoms with Crippen LogP contribution < -0.4 is 19.6 Å². The summed E-state index contributed by atoms with van der Waals surface area (Å²) in [7, 11) is 1.88. The molecule has 0 aliphatic carbocycles. The predicted molar refractivity (Wildman–Crippen MR) is 105 cm³/mol. The van der Waals surface area contributed by atoms with E-state index < -0.39 is 11.4 Å². The molecule has 3 heterocycles. The lowest BCUT2D eigenvalue weighted by Crippen LogP contribution is -2.12. The molecule has 1 aliphatic rings. The largest absolute Gasteiger partial charge is 0.464 e. The molecule has 29 heavy (non-hydrogen) atoms. The zero-order valence-electron chi connectivity index (χ0n) is 15.4. The number of hydrogen-bond donors (Lipinski definition) is 0. The van der Waals surface area contributed by atoms with Crippen molar-refractivity contribution in [3.05, 3.63) is 70.5 Å². The van der Waals surface area contributed by atoms with Crippen LogP contribution in [0.3, 0.4) is 0 Å². The van der Waals surface area contributed by atoms with Crippen LogP contribution in [0.25, 0.3) is 6.08 Å². The normalized spacial score (nSPS) is 12.4. The van der Waals surface area contributed by atoms with E-state index in [1.54, 1.807) is 30.5 Å². The van der Waals surface area contributed by atoms with Crippen LogP contribution in [-0.2, 0) is 17.6 Å². The summed E-state index contributed by atoms with van der Waals surface area (Å²) in [4.78, 5) is 28.4. The van der Waals surface area contributed by atoms with E-state index in [1.165, 1.54) is 23.9 Å². The Morgan fingerprint density at radius 2 is 2.17 bits per heavy atom. The maximum absolute atomic E-state index is 12.2. The number of rotatable bonds is 6. The van der Waals surface area contributed by atoms with Crippen LogP contribution in [0.1, 0.15) is 11.3 Å². The average molecular weight is 412 g/mol. The number of carbonyl (C=O) groups is 1. The number of nitrogens with zero attached hydrogens (tertiary/aromatic N) is 2. The second-order valence-corrected chi connectivity index (χ2v) is 6.99. The fourth-order valence-electron chi connectivity index (χ4n) is 2.54. The Balaban J connectivity index is 1.36. The second kappa shape index (κ2) is 8.27. The molecule has 0 bridgehead atoms. The van der Waals surface area contributed by atoms with Gasteiger partial charge in [0.2, 0.25) is 18.0 Å². The van der Waals surface area contributed by atoms with Crippen molar-refractivity contribution < 1.29 is 23.4 Å². The molecule has 0 saturated carbocycles. The van der Waals surface area contributed by atoms with E-state index in [0.717, 1.165) is 17.0 Å². The summed E-state index contributed by atoms with van der Waals surface area (Å²) in [6.45, 7) is 0.177. The number of aryl methyl sites for hydroxylation is 1. The Morgan fingerprint density at radius 1 is 1.31 bits per heavy atom. The van der Waals surface area contributed by atoms with Crippen molar-refractivity contribution in [1.82, 2.24) is 9.55 Å². The van der Waals surface area contributed by atoms with Gasteiger partial charge in [0.05, 0.1) is 5.75 Å². The lowest BCUT2D eigenvalue weighted by molar-refractivity contribution is -0.129. The third-order valence-corrected chi connectivity index (χ3v) is 5.07. The van der Waals surface area contributed by atoms with Crippen LogP contribution in [0.15, 0.2) is 63.4 Å². The number of ether oxygens (including phenoxy) is 3. The highest BCUT2D eigenvalue weighted by Crippen LogP contribution is 2.32. The maximum Gasteiger partial charge on any atom is 0.336 e. The Bertz CT molecular complexity index is 1130. The van der Waals surface area contributed by atoms with Gasteiger partial charge in [-0.15, -0.1) is 0 Å². The number of hydrogen-bond acceptors (Lipinski definition) is 8. The monoisotopic (exact) mass is 412 g/mol. The molecule has 0 fully saturated rings. The molecule has 0 unspecified atom stereocenters. The van der Waals surface area contributed by atoms with Crippen LogP contribution in [0.5, 0.6) is 17.2 Å². The van der Waals surface area contributed by atoms with Crippen molar-refractivity contribution in [2.45, 2.75) is 10.9 Å². The number of esters is 1. The number of benzene rings is 1. The number of thioether (sulfide) groups is 1. The van der Waals surface area contributed by atoms with E-state index in [0.29, 0.717) is 23.0 Å². The van der Waals surface area contributed by atoms with Gasteiger partial charge < -0.3 is 23.2 Å². The molecular weight excluding hydrogens is 396 g/mol. The van der Waals surface area contributed by atoms with Gasteiger partial charge >= 0.3 is 5.97 Å². The Morgan fingerprint density at radius 3 is 2.97 bits per heavy atom. The van der Waals surface area contributed by atoms with Crippen molar-refractivity contribution in [3.8, 4) is 17.2 Å². The summed E-state index contributed by atoms with van der Waals surface area (Å²) >= 11 is 1.43. The minimum atomic E-state index is -0.690. The van der Waals surface area contributed by atoms with Crippen LogP contribution in [0.4, 0.5) is 0 Å². The summed E-state index contributed by atoms with van der Waals surface area (Å²) in [6, 6.07) is 6.58. The van der Waals surface area contributed by atoms with Crippen LogP contribution in [-0.4, -0.2) is 22.3 Å². The topological polar surface area (TPSA) is 92.8 Å². The molecule has 1 aliphatic heterocycles. The smallest absolute Gasteiger partial charge is 0.336 e. The quantitative estimate of drug-likeness (QED) is 0.347. The molecule has 0 radical (unpaired) electrons. The van der Waals surface area contributed by atoms with Crippen molar-refractivity contribution >= 4 is 23.8 Å². The SMILES string of the molecule is Cn1ccnc1SCc1cc(=O)c(OC(=O)C=Cc2ccc3c(c2)OCO3)co1. The van der Waals surface area contributed by atoms with Gasteiger partial charge in [0.15, 0.2) is 16.7 Å².